The average Bonchev–Trinajstić information content (AvgIpc) is 2.67. The van der Waals surface area contributed by atoms with Crippen LogP contribution in [-0.4, -0.2) is 48.1 Å². The van der Waals surface area contributed by atoms with Gasteiger partial charge in [0.25, 0.3) is 0 Å². The number of nitrogens with one attached hydrogen (secondary N) is 2. The lowest BCUT2D eigenvalue weighted by molar-refractivity contribution is 0.414. The number of anilines is 2. The van der Waals surface area contributed by atoms with Crippen LogP contribution in [0.4, 0.5) is 11.8 Å². The number of likely N-dealkylation sites (N-methyl/N-ethyl adjacent to an activating group) is 1. The zero-order valence-electron chi connectivity index (χ0n) is 9.50. The number of hydrogen-bond acceptors (Lipinski definition) is 5. The average molecular weight is 286 g/mol. The number of rotatable bonds is 3. The molecule has 1 aromatic heterocycles. The van der Waals surface area contributed by atoms with E-state index in [-0.39, 0.29) is 0 Å². The first-order valence-corrected chi connectivity index (χ1v) is 6.13. The molecule has 1 aromatic rings. The fourth-order valence-corrected chi connectivity index (χ4v) is 2.14. The molecule has 2 N–H and O–H groups in total. The van der Waals surface area contributed by atoms with Gasteiger partial charge in [-0.1, -0.05) is 0 Å². The normalized spacial score (nSPS) is 21.1. The fourth-order valence-electron chi connectivity index (χ4n) is 1.83. The minimum Gasteiger partial charge on any atom is -0.365 e. The summed E-state index contributed by atoms with van der Waals surface area (Å²) in [4.78, 5) is 10.8. The number of halogens is 1. The maximum atomic E-state index is 4.38. The standard InChI is InChI=1S/C10H16BrN5/c1-12-10-13-5-8(11)9(15-10)14-7-3-4-16(2)6-7/h5,7H,3-4,6H2,1-2H3,(H2,12,13,14,15). The molecule has 1 atom stereocenters. The third-order valence-corrected chi connectivity index (χ3v) is 3.28. The molecule has 5 nitrogen and oxygen atoms in total. The zero-order valence-corrected chi connectivity index (χ0v) is 11.1. The lowest BCUT2D eigenvalue weighted by Crippen LogP contribution is -2.24. The second-order valence-electron chi connectivity index (χ2n) is 4.03. The molecule has 0 amide bonds. The predicted octanol–water partition coefficient (Wildman–Crippen LogP) is 1.40. The second kappa shape index (κ2) is 4.97. The Bertz CT molecular complexity index is 370. The summed E-state index contributed by atoms with van der Waals surface area (Å²) in [6.07, 6.45) is 2.92. The first-order chi connectivity index (χ1) is 7.69. The van der Waals surface area contributed by atoms with Gasteiger partial charge in [0.05, 0.1) is 4.47 Å². The summed E-state index contributed by atoms with van der Waals surface area (Å²) >= 11 is 3.45. The summed E-state index contributed by atoms with van der Waals surface area (Å²) in [6.45, 7) is 2.20. The topological polar surface area (TPSA) is 53.1 Å². The lowest BCUT2D eigenvalue weighted by Gasteiger charge is -2.14. The van der Waals surface area contributed by atoms with Crippen molar-refractivity contribution in [3.63, 3.8) is 0 Å². The van der Waals surface area contributed by atoms with Crippen molar-refractivity contribution in [2.24, 2.45) is 0 Å². The highest BCUT2D eigenvalue weighted by atomic mass is 79.9. The van der Waals surface area contributed by atoms with Crippen LogP contribution >= 0.6 is 15.9 Å². The van der Waals surface area contributed by atoms with Gasteiger partial charge < -0.3 is 15.5 Å². The highest BCUT2D eigenvalue weighted by molar-refractivity contribution is 9.10. The molecule has 2 rings (SSSR count). The van der Waals surface area contributed by atoms with E-state index in [1.54, 1.807) is 6.20 Å². The van der Waals surface area contributed by atoms with Crippen molar-refractivity contribution >= 4 is 27.7 Å². The van der Waals surface area contributed by atoms with Gasteiger partial charge in [0.15, 0.2) is 0 Å². The molecule has 1 unspecified atom stereocenters. The van der Waals surface area contributed by atoms with E-state index in [0.717, 1.165) is 29.8 Å². The van der Waals surface area contributed by atoms with E-state index in [1.807, 2.05) is 7.05 Å². The Morgan fingerprint density at radius 1 is 1.56 bits per heavy atom. The summed E-state index contributed by atoms with van der Waals surface area (Å²) in [5, 5.41) is 6.37. The minimum atomic E-state index is 0.473. The van der Waals surface area contributed by atoms with Crippen LogP contribution in [-0.2, 0) is 0 Å². The third kappa shape index (κ3) is 2.62. The fraction of sp³-hybridized carbons (Fsp3) is 0.600. The first kappa shape index (κ1) is 11.6. The molecular weight excluding hydrogens is 270 g/mol. The minimum absolute atomic E-state index is 0.473. The molecule has 0 aliphatic carbocycles. The Morgan fingerprint density at radius 2 is 2.38 bits per heavy atom. The molecule has 0 radical (unpaired) electrons. The van der Waals surface area contributed by atoms with Gasteiger partial charge in [0.1, 0.15) is 5.82 Å². The zero-order chi connectivity index (χ0) is 11.5. The van der Waals surface area contributed by atoms with Crippen molar-refractivity contribution < 1.29 is 0 Å². The van der Waals surface area contributed by atoms with Crippen LogP contribution in [0.2, 0.25) is 0 Å². The Balaban J connectivity index is 2.08. The maximum Gasteiger partial charge on any atom is 0.224 e. The smallest absolute Gasteiger partial charge is 0.224 e. The van der Waals surface area contributed by atoms with Gasteiger partial charge in [0.2, 0.25) is 5.95 Å². The molecule has 0 saturated carbocycles. The summed E-state index contributed by atoms with van der Waals surface area (Å²) < 4.78 is 0.904. The Labute approximate surface area is 104 Å². The largest absolute Gasteiger partial charge is 0.365 e. The van der Waals surface area contributed by atoms with Gasteiger partial charge in [-0.05, 0) is 35.9 Å². The molecule has 1 aliphatic rings. The summed E-state index contributed by atoms with van der Waals surface area (Å²) in [5.74, 6) is 1.50. The predicted molar refractivity (Wildman–Crippen MR) is 68.8 cm³/mol. The van der Waals surface area contributed by atoms with Gasteiger partial charge in [-0.2, -0.15) is 4.98 Å². The molecule has 2 heterocycles. The number of hydrogen-bond donors (Lipinski definition) is 2. The molecule has 16 heavy (non-hydrogen) atoms. The van der Waals surface area contributed by atoms with Gasteiger partial charge in [-0.25, -0.2) is 4.98 Å². The maximum absolute atomic E-state index is 4.38. The molecule has 0 spiro atoms. The highest BCUT2D eigenvalue weighted by Crippen LogP contribution is 2.22. The monoisotopic (exact) mass is 285 g/mol. The molecule has 1 saturated heterocycles. The van der Waals surface area contributed by atoms with E-state index >= 15 is 0 Å². The highest BCUT2D eigenvalue weighted by Gasteiger charge is 2.20. The molecule has 1 aliphatic heterocycles. The quantitative estimate of drug-likeness (QED) is 0.879. The van der Waals surface area contributed by atoms with Crippen LogP contribution in [0, 0.1) is 0 Å². The SMILES string of the molecule is CNc1ncc(Br)c(NC2CCN(C)C2)n1. The first-order valence-electron chi connectivity index (χ1n) is 5.34. The molecule has 88 valence electrons. The van der Waals surface area contributed by atoms with Crippen LogP contribution in [0.5, 0.6) is 0 Å². The van der Waals surface area contributed by atoms with E-state index in [4.69, 9.17) is 0 Å². The van der Waals surface area contributed by atoms with Gasteiger partial charge in [-0.3, -0.25) is 0 Å². The molecular formula is C10H16BrN5. The van der Waals surface area contributed by atoms with Crippen LogP contribution in [0.15, 0.2) is 10.7 Å². The number of nitrogens with zero attached hydrogens (tertiary/aromatic N) is 3. The van der Waals surface area contributed by atoms with Crippen LogP contribution < -0.4 is 10.6 Å². The van der Waals surface area contributed by atoms with Crippen LogP contribution in [0.25, 0.3) is 0 Å². The third-order valence-electron chi connectivity index (χ3n) is 2.70. The number of likely N-dealkylation sites (tertiary alicyclic amines) is 1. The summed E-state index contributed by atoms with van der Waals surface area (Å²) in [7, 11) is 3.95. The van der Waals surface area contributed by atoms with Crippen molar-refractivity contribution in [3.05, 3.63) is 10.7 Å². The van der Waals surface area contributed by atoms with Gasteiger partial charge in [-0.15, -0.1) is 0 Å². The van der Waals surface area contributed by atoms with E-state index in [2.05, 4.69) is 48.5 Å². The Kier molecular flexibility index (Phi) is 3.60. The summed E-state index contributed by atoms with van der Waals surface area (Å²) in [5.41, 5.74) is 0. The van der Waals surface area contributed by atoms with E-state index in [0.29, 0.717) is 12.0 Å². The Morgan fingerprint density at radius 3 is 3.00 bits per heavy atom. The Hall–Kier alpha value is -0.880. The van der Waals surface area contributed by atoms with Crippen molar-refractivity contribution in [2.45, 2.75) is 12.5 Å². The second-order valence-corrected chi connectivity index (χ2v) is 4.89. The van der Waals surface area contributed by atoms with Gasteiger partial charge in [0, 0.05) is 25.8 Å². The van der Waals surface area contributed by atoms with E-state index < -0.39 is 0 Å². The molecule has 0 bridgehead atoms. The van der Waals surface area contributed by atoms with Crippen LogP contribution in [0.3, 0.4) is 0 Å². The van der Waals surface area contributed by atoms with Crippen LogP contribution in [0.1, 0.15) is 6.42 Å². The lowest BCUT2D eigenvalue weighted by atomic mass is 10.2. The van der Waals surface area contributed by atoms with Crippen molar-refractivity contribution in [3.8, 4) is 0 Å². The van der Waals surface area contributed by atoms with Crippen molar-refractivity contribution in [1.29, 1.82) is 0 Å². The molecule has 0 aromatic carbocycles. The van der Waals surface area contributed by atoms with Crippen molar-refractivity contribution in [1.82, 2.24) is 14.9 Å². The van der Waals surface area contributed by atoms with Crippen molar-refractivity contribution in [2.75, 3.05) is 37.8 Å². The summed E-state index contributed by atoms with van der Waals surface area (Å²) in [6, 6.07) is 0.473. The van der Waals surface area contributed by atoms with E-state index in [9.17, 15) is 0 Å². The van der Waals surface area contributed by atoms with E-state index in [1.165, 1.54) is 0 Å². The number of aromatic nitrogens is 2. The molecule has 6 heteroatoms. The van der Waals surface area contributed by atoms with Gasteiger partial charge >= 0.3 is 0 Å². The molecule has 1 fully saturated rings.